The number of hydrogen-bond donors (Lipinski definition) is 2. The highest BCUT2D eigenvalue weighted by Crippen LogP contribution is 2.41. The maximum Gasteiger partial charge on any atom is 0.573 e. The van der Waals surface area contributed by atoms with Crippen LogP contribution in [0.4, 0.5) is 18.9 Å². The molecule has 1 aromatic rings. The van der Waals surface area contributed by atoms with Crippen LogP contribution in [0.2, 0.25) is 0 Å². The maximum atomic E-state index is 12.1. The summed E-state index contributed by atoms with van der Waals surface area (Å²) in [7, 11) is 1.69. The van der Waals surface area contributed by atoms with Gasteiger partial charge in [0.1, 0.15) is 5.75 Å². The first kappa shape index (κ1) is 22.8. The number of nitrogens with one attached hydrogen (secondary N) is 1. The standard InChI is InChI=1S/C17H24F3N3O2.HI/c1-24-11-10-16(8-2-3-9-16)12-22-15(21)23-13-4-6-14(7-5-13)25-17(18,19)20;/h4-7H,2-3,8-12H2,1H3,(H3,21,22,23);1H. The highest BCUT2D eigenvalue weighted by Gasteiger charge is 2.33. The van der Waals surface area contributed by atoms with Gasteiger partial charge in [-0.2, -0.15) is 0 Å². The van der Waals surface area contributed by atoms with Crippen LogP contribution in [-0.2, 0) is 4.74 Å². The molecule has 1 saturated carbocycles. The third-order valence-corrected chi connectivity index (χ3v) is 4.45. The summed E-state index contributed by atoms with van der Waals surface area (Å²) in [5.74, 6) is -0.0359. The quantitative estimate of drug-likeness (QED) is 0.337. The number of halogens is 4. The number of alkyl halides is 3. The van der Waals surface area contributed by atoms with E-state index in [1.807, 2.05) is 0 Å². The lowest BCUT2D eigenvalue weighted by atomic mass is 9.83. The number of ether oxygens (including phenoxy) is 2. The van der Waals surface area contributed by atoms with Gasteiger partial charge in [-0.15, -0.1) is 37.1 Å². The topological polar surface area (TPSA) is 68.9 Å². The highest BCUT2D eigenvalue weighted by atomic mass is 127. The SMILES string of the molecule is COCCC1(CN=C(N)Nc2ccc(OC(F)(F)F)cc2)CCCC1.I. The monoisotopic (exact) mass is 487 g/mol. The van der Waals surface area contributed by atoms with Gasteiger partial charge in [-0.3, -0.25) is 4.99 Å². The molecule has 2 rings (SSSR count). The van der Waals surface area contributed by atoms with E-state index in [0.717, 1.165) is 19.3 Å². The van der Waals surface area contributed by atoms with E-state index in [0.29, 0.717) is 18.8 Å². The summed E-state index contributed by atoms with van der Waals surface area (Å²) >= 11 is 0. The second-order valence-electron chi connectivity index (χ2n) is 6.35. The molecular formula is C17H25F3IN3O2. The van der Waals surface area contributed by atoms with Gasteiger partial charge in [0.25, 0.3) is 0 Å². The van der Waals surface area contributed by atoms with Crippen molar-refractivity contribution in [1.29, 1.82) is 0 Å². The van der Waals surface area contributed by atoms with Crippen LogP contribution in [0.15, 0.2) is 29.3 Å². The number of hydrogen-bond acceptors (Lipinski definition) is 3. The minimum Gasteiger partial charge on any atom is -0.406 e. The molecule has 26 heavy (non-hydrogen) atoms. The number of guanidine groups is 1. The van der Waals surface area contributed by atoms with Crippen LogP contribution >= 0.6 is 24.0 Å². The van der Waals surface area contributed by atoms with Crippen LogP contribution in [0.5, 0.6) is 5.75 Å². The van der Waals surface area contributed by atoms with Crippen LogP contribution in [0.3, 0.4) is 0 Å². The molecule has 0 amide bonds. The first-order chi connectivity index (χ1) is 11.8. The number of nitrogens with two attached hydrogens (primary N) is 1. The van der Waals surface area contributed by atoms with E-state index < -0.39 is 6.36 Å². The Morgan fingerprint density at radius 3 is 2.38 bits per heavy atom. The smallest absolute Gasteiger partial charge is 0.406 e. The van der Waals surface area contributed by atoms with Crippen molar-refractivity contribution in [3.05, 3.63) is 24.3 Å². The van der Waals surface area contributed by atoms with Gasteiger partial charge in [0.15, 0.2) is 5.96 Å². The molecule has 9 heteroatoms. The molecule has 0 unspecified atom stereocenters. The average Bonchev–Trinajstić information content (AvgIpc) is 3.01. The zero-order valence-electron chi connectivity index (χ0n) is 14.6. The molecule has 5 nitrogen and oxygen atoms in total. The molecule has 0 atom stereocenters. The molecule has 1 fully saturated rings. The fraction of sp³-hybridized carbons (Fsp3) is 0.588. The van der Waals surface area contributed by atoms with E-state index in [1.165, 1.54) is 37.1 Å². The average molecular weight is 487 g/mol. The normalized spacial score (nSPS) is 16.8. The van der Waals surface area contributed by atoms with Gasteiger partial charge < -0.3 is 20.5 Å². The molecule has 148 valence electrons. The molecule has 0 aliphatic heterocycles. The Labute approximate surface area is 168 Å². The first-order valence-electron chi connectivity index (χ1n) is 8.24. The molecule has 1 aromatic carbocycles. The maximum absolute atomic E-state index is 12.1. The zero-order valence-corrected chi connectivity index (χ0v) is 17.0. The lowest BCUT2D eigenvalue weighted by molar-refractivity contribution is -0.274. The summed E-state index contributed by atoms with van der Waals surface area (Å²) in [5, 5.41) is 2.89. The molecule has 0 saturated heterocycles. The second-order valence-corrected chi connectivity index (χ2v) is 6.35. The minimum absolute atomic E-state index is 0. The van der Waals surface area contributed by atoms with Gasteiger partial charge in [-0.25, -0.2) is 0 Å². The lowest BCUT2D eigenvalue weighted by Crippen LogP contribution is -2.28. The van der Waals surface area contributed by atoms with E-state index in [-0.39, 0.29) is 41.1 Å². The molecule has 0 radical (unpaired) electrons. The highest BCUT2D eigenvalue weighted by molar-refractivity contribution is 14.0. The molecule has 0 heterocycles. The van der Waals surface area contributed by atoms with Gasteiger partial charge in [-0.05, 0) is 48.9 Å². The van der Waals surface area contributed by atoms with E-state index in [9.17, 15) is 13.2 Å². The van der Waals surface area contributed by atoms with Crippen molar-refractivity contribution in [2.24, 2.45) is 16.1 Å². The van der Waals surface area contributed by atoms with Gasteiger partial charge in [0.2, 0.25) is 0 Å². The van der Waals surface area contributed by atoms with E-state index in [2.05, 4.69) is 15.0 Å². The molecule has 0 bridgehead atoms. The van der Waals surface area contributed by atoms with Crippen LogP contribution in [0.25, 0.3) is 0 Å². The van der Waals surface area contributed by atoms with Crippen LogP contribution in [-0.4, -0.2) is 32.6 Å². The fourth-order valence-electron chi connectivity index (χ4n) is 3.11. The van der Waals surface area contributed by atoms with Gasteiger partial charge in [0.05, 0.1) is 0 Å². The summed E-state index contributed by atoms with van der Waals surface area (Å²) in [6, 6.07) is 5.36. The first-order valence-corrected chi connectivity index (χ1v) is 8.24. The third-order valence-electron chi connectivity index (χ3n) is 4.45. The molecule has 0 aromatic heterocycles. The Morgan fingerprint density at radius 2 is 1.85 bits per heavy atom. The zero-order chi connectivity index (χ0) is 18.3. The van der Waals surface area contributed by atoms with Gasteiger partial charge in [-0.1, -0.05) is 12.8 Å². The minimum atomic E-state index is -4.70. The Morgan fingerprint density at radius 1 is 1.23 bits per heavy atom. The largest absolute Gasteiger partial charge is 0.573 e. The number of methoxy groups -OCH3 is 1. The van der Waals surface area contributed by atoms with E-state index in [1.54, 1.807) is 7.11 Å². The van der Waals surface area contributed by atoms with Crippen molar-refractivity contribution in [1.82, 2.24) is 0 Å². The molecule has 3 N–H and O–H groups in total. The number of aliphatic imine (C=N–C) groups is 1. The van der Waals surface area contributed by atoms with Crippen molar-refractivity contribution in [2.75, 3.05) is 25.6 Å². The predicted octanol–water partition coefficient (Wildman–Crippen LogP) is 4.53. The van der Waals surface area contributed by atoms with Crippen molar-refractivity contribution in [3.8, 4) is 5.75 Å². The van der Waals surface area contributed by atoms with Crippen LogP contribution in [0.1, 0.15) is 32.1 Å². The summed E-state index contributed by atoms with van der Waals surface area (Å²) in [6.07, 6.45) is 0.838. The fourth-order valence-corrected chi connectivity index (χ4v) is 3.11. The number of anilines is 1. The van der Waals surface area contributed by atoms with E-state index >= 15 is 0 Å². The summed E-state index contributed by atoms with van der Waals surface area (Å²) in [4.78, 5) is 4.42. The van der Waals surface area contributed by atoms with Crippen molar-refractivity contribution in [2.45, 2.75) is 38.5 Å². The Hall–Kier alpha value is -1.23. The van der Waals surface area contributed by atoms with Gasteiger partial charge in [0, 0.05) is 25.9 Å². The second kappa shape index (κ2) is 10.2. The molecule has 0 spiro atoms. The molecule has 1 aliphatic rings. The number of rotatable bonds is 7. The summed E-state index contributed by atoms with van der Waals surface area (Å²) < 4.78 is 45.4. The predicted molar refractivity (Wildman–Crippen MR) is 106 cm³/mol. The van der Waals surface area contributed by atoms with Crippen molar-refractivity contribution in [3.63, 3.8) is 0 Å². The van der Waals surface area contributed by atoms with Crippen molar-refractivity contribution < 1.29 is 22.6 Å². The number of nitrogens with zero attached hydrogens (tertiary/aromatic N) is 1. The Bertz CT molecular complexity index is 574. The molecule has 1 aliphatic carbocycles. The van der Waals surface area contributed by atoms with E-state index in [4.69, 9.17) is 10.5 Å². The Balaban J connectivity index is 0.00000338. The van der Waals surface area contributed by atoms with Crippen LogP contribution in [0, 0.1) is 5.41 Å². The number of benzene rings is 1. The van der Waals surface area contributed by atoms with Gasteiger partial charge >= 0.3 is 6.36 Å². The summed E-state index contributed by atoms with van der Waals surface area (Å²) in [6.45, 7) is 1.31. The Kier molecular flexibility index (Phi) is 8.94. The van der Waals surface area contributed by atoms with Crippen LogP contribution < -0.4 is 15.8 Å². The molecular weight excluding hydrogens is 462 g/mol. The summed E-state index contributed by atoms with van der Waals surface area (Å²) in [5.41, 5.74) is 6.59. The van der Waals surface area contributed by atoms with Crippen molar-refractivity contribution >= 4 is 35.6 Å². The lowest BCUT2D eigenvalue weighted by Gasteiger charge is -2.26. The third kappa shape index (κ3) is 7.56.